The van der Waals surface area contributed by atoms with Crippen LogP contribution in [0.5, 0.6) is 0 Å². The van der Waals surface area contributed by atoms with E-state index >= 15 is 0 Å². The van der Waals surface area contributed by atoms with Gasteiger partial charge in [0.1, 0.15) is 0 Å². The molecule has 82 valence electrons. The van der Waals surface area contributed by atoms with E-state index in [1.165, 1.54) is 0 Å². The zero-order valence-electron chi connectivity index (χ0n) is 8.67. The first-order valence-corrected chi connectivity index (χ1v) is 4.81. The largest absolute Gasteiger partial charge is 0.396 e. The molecule has 0 bridgehead atoms. The van der Waals surface area contributed by atoms with Crippen LogP contribution in [-0.2, 0) is 9.59 Å². The number of rotatable bonds is 5. The molecule has 0 saturated heterocycles. The van der Waals surface area contributed by atoms with Crippen LogP contribution in [0.4, 0.5) is 0 Å². The molecule has 0 aromatic carbocycles. The predicted octanol–water partition coefficient (Wildman–Crippen LogP) is -0.600. The molecule has 0 unspecified atom stereocenters. The number of aliphatic hydroxyl groups is 1. The normalized spacial score (nSPS) is 11.9. The van der Waals surface area contributed by atoms with Crippen LogP contribution >= 0.6 is 0 Å². The van der Waals surface area contributed by atoms with Gasteiger partial charge >= 0.3 is 11.8 Å². The summed E-state index contributed by atoms with van der Waals surface area (Å²) in [5.74, 6) is -1.25. The van der Waals surface area contributed by atoms with E-state index < -0.39 is 11.8 Å². The summed E-state index contributed by atoms with van der Waals surface area (Å²) >= 11 is 0. The molecule has 0 aromatic rings. The summed E-state index contributed by atoms with van der Waals surface area (Å²) in [5, 5.41) is 13.4. The summed E-state index contributed by atoms with van der Waals surface area (Å²) in [6.45, 7) is 4.09. The molecular formula is C9H18N2O3. The minimum Gasteiger partial charge on any atom is -0.396 e. The van der Waals surface area contributed by atoms with Gasteiger partial charge in [-0.15, -0.1) is 0 Å². The predicted molar refractivity (Wildman–Crippen MR) is 52.6 cm³/mol. The minimum atomic E-state index is -0.640. The van der Waals surface area contributed by atoms with Crippen molar-refractivity contribution in [2.24, 2.45) is 0 Å². The Morgan fingerprint density at radius 2 is 2.00 bits per heavy atom. The van der Waals surface area contributed by atoms with E-state index in [9.17, 15) is 9.59 Å². The molecule has 0 heterocycles. The van der Waals surface area contributed by atoms with Gasteiger partial charge in [-0.3, -0.25) is 9.59 Å². The number of carbonyl (C=O) groups excluding carboxylic acids is 2. The van der Waals surface area contributed by atoms with E-state index in [1.807, 2.05) is 13.8 Å². The Bertz CT molecular complexity index is 194. The maximum absolute atomic E-state index is 11.1. The maximum atomic E-state index is 11.1. The number of hydrogen-bond acceptors (Lipinski definition) is 3. The number of aliphatic hydroxyl groups excluding tert-OH is 1. The summed E-state index contributed by atoms with van der Waals surface area (Å²) in [5.41, 5.74) is 0. The van der Waals surface area contributed by atoms with E-state index in [0.717, 1.165) is 6.42 Å². The molecule has 0 aliphatic rings. The fraction of sp³-hybridized carbons (Fsp3) is 0.778. The van der Waals surface area contributed by atoms with Gasteiger partial charge in [0.2, 0.25) is 0 Å². The average Bonchev–Trinajstić information content (AvgIpc) is 2.17. The molecule has 0 saturated carbocycles. The van der Waals surface area contributed by atoms with Gasteiger partial charge in [0.05, 0.1) is 0 Å². The Balaban J connectivity index is 3.71. The smallest absolute Gasteiger partial charge is 0.309 e. The SMILES string of the molecule is CC[C@@H](C)NC(=O)C(=O)NCCCO. The van der Waals surface area contributed by atoms with Crippen LogP contribution in [0.1, 0.15) is 26.7 Å². The van der Waals surface area contributed by atoms with Gasteiger partial charge in [-0.1, -0.05) is 6.92 Å². The van der Waals surface area contributed by atoms with Crippen LogP contribution in [0, 0.1) is 0 Å². The summed E-state index contributed by atoms with van der Waals surface area (Å²) in [6.07, 6.45) is 1.25. The highest BCUT2D eigenvalue weighted by atomic mass is 16.3. The average molecular weight is 202 g/mol. The highest BCUT2D eigenvalue weighted by Gasteiger charge is 2.13. The Labute approximate surface area is 83.9 Å². The van der Waals surface area contributed by atoms with E-state index in [-0.39, 0.29) is 12.6 Å². The lowest BCUT2D eigenvalue weighted by Crippen LogP contribution is -2.43. The molecule has 5 heteroatoms. The van der Waals surface area contributed by atoms with Crippen LogP contribution in [-0.4, -0.2) is 36.1 Å². The summed E-state index contributed by atoms with van der Waals surface area (Å²) in [4.78, 5) is 22.2. The second-order valence-corrected chi connectivity index (χ2v) is 3.12. The van der Waals surface area contributed by atoms with E-state index in [0.29, 0.717) is 13.0 Å². The van der Waals surface area contributed by atoms with E-state index in [1.54, 1.807) is 0 Å². The Hall–Kier alpha value is -1.10. The number of carbonyl (C=O) groups is 2. The van der Waals surface area contributed by atoms with Gasteiger partial charge in [-0.25, -0.2) is 0 Å². The van der Waals surface area contributed by atoms with Gasteiger partial charge in [-0.2, -0.15) is 0 Å². The van der Waals surface area contributed by atoms with Crippen molar-refractivity contribution < 1.29 is 14.7 Å². The third kappa shape index (κ3) is 5.53. The first-order chi connectivity index (χ1) is 6.61. The third-order valence-corrected chi connectivity index (χ3v) is 1.82. The fourth-order valence-corrected chi connectivity index (χ4v) is 0.753. The van der Waals surface area contributed by atoms with E-state index in [4.69, 9.17) is 5.11 Å². The molecule has 0 aliphatic carbocycles. The van der Waals surface area contributed by atoms with Crippen molar-refractivity contribution in [3.8, 4) is 0 Å². The van der Waals surface area contributed by atoms with Crippen molar-refractivity contribution in [2.75, 3.05) is 13.2 Å². The zero-order valence-corrected chi connectivity index (χ0v) is 8.67. The highest BCUT2D eigenvalue weighted by Crippen LogP contribution is 1.87. The zero-order chi connectivity index (χ0) is 11.0. The van der Waals surface area contributed by atoms with Gasteiger partial charge in [0, 0.05) is 19.2 Å². The monoisotopic (exact) mass is 202 g/mol. The maximum Gasteiger partial charge on any atom is 0.309 e. The molecular weight excluding hydrogens is 184 g/mol. The van der Waals surface area contributed by atoms with Crippen molar-refractivity contribution in [3.05, 3.63) is 0 Å². The quantitative estimate of drug-likeness (QED) is 0.411. The second kappa shape index (κ2) is 7.32. The molecule has 2 amide bonds. The van der Waals surface area contributed by atoms with Crippen LogP contribution < -0.4 is 10.6 Å². The van der Waals surface area contributed by atoms with E-state index in [2.05, 4.69) is 10.6 Å². The summed E-state index contributed by atoms with van der Waals surface area (Å²) in [6, 6.07) is 0.00564. The number of amides is 2. The number of hydrogen-bond donors (Lipinski definition) is 3. The molecule has 0 radical (unpaired) electrons. The molecule has 14 heavy (non-hydrogen) atoms. The number of nitrogens with one attached hydrogen (secondary N) is 2. The highest BCUT2D eigenvalue weighted by molar-refractivity contribution is 6.35. The lowest BCUT2D eigenvalue weighted by molar-refractivity contribution is -0.139. The standard InChI is InChI=1S/C9H18N2O3/c1-3-7(2)11-9(14)8(13)10-5-4-6-12/h7,12H,3-6H2,1-2H3,(H,10,13)(H,11,14)/t7-/m1/s1. The van der Waals surface area contributed by atoms with Gasteiger partial charge < -0.3 is 15.7 Å². The molecule has 1 atom stereocenters. The molecule has 0 spiro atoms. The lowest BCUT2D eigenvalue weighted by Gasteiger charge is -2.10. The Kier molecular flexibility index (Phi) is 6.74. The fourth-order valence-electron chi connectivity index (χ4n) is 0.753. The molecule has 0 rings (SSSR count). The summed E-state index contributed by atoms with van der Waals surface area (Å²) in [7, 11) is 0. The molecule has 0 aliphatic heterocycles. The van der Waals surface area contributed by atoms with Gasteiger partial charge in [0.15, 0.2) is 0 Å². The minimum absolute atomic E-state index is 0.00564. The first kappa shape index (κ1) is 12.9. The summed E-state index contributed by atoms with van der Waals surface area (Å²) < 4.78 is 0. The van der Waals surface area contributed by atoms with Crippen LogP contribution in [0.25, 0.3) is 0 Å². The van der Waals surface area contributed by atoms with Crippen molar-refractivity contribution in [1.82, 2.24) is 10.6 Å². The van der Waals surface area contributed by atoms with Crippen molar-refractivity contribution in [1.29, 1.82) is 0 Å². The Morgan fingerprint density at radius 3 is 2.50 bits per heavy atom. The molecule has 5 nitrogen and oxygen atoms in total. The first-order valence-electron chi connectivity index (χ1n) is 4.81. The third-order valence-electron chi connectivity index (χ3n) is 1.82. The van der Waals surface area contributed by atoms with Crippen molar-refractivity contribution >= 4 is 11.8 Å². The molecule has 3 N–H and O–H groups in total. The van der Waals surface area contributed by atoms with Crippen LogP contribution in [0.3, 0.4) is 0 Å². The second-order valence-electron chi connectivity index (χ2n) is 3.12. The van der Waals surface area contributed by atoms with Gasteiger partial charge in [-0.05, 0) is 19.8 Å². The van der Waals surface area contributed by atoms with Crippen LogP contribution in [0.2, 0.25) is 0 Å². The molecule has 0 aromatic heterocycles. The Morgan fingerprint density at radius 1 is 1.36 bits per heavy atom. The van der Waals surface area contributed by atoms with Crippen molar-refractivity contribution in [2.45, 2.75) is 32.7 Å². The topological polar surface area (TPSA) is 78.4 Å². The lowest BCUT2D eigenvalue weighted by atomic mass is 10.2. The van der Waals surface area contributed by atoms with Gasteiger partial charge in [0.25, 0.3) is 0 Å². The molecule has 0 fully saturated rings. The van der Waals surface area contributed by atoms with Crippen molar-refractivity contribution in [3.63, 3.8) is 0 Å². The van der Waals surface area contributed by atoms with Crippen LogP contribution in [0.15, 0.2) is 0 Å².